The molecule has 2 heterocycles. The van der Waals surface area contributed by atoms with E-state index >= 15 is 0 Å². The fourth-order valence-corrected chi connectivity index (χ4v) is 2.44. The molecule has 0 radical (unpaired) electrons. The number of nitrogens with one attached hydrogen (secondary N) is 2. The number of rotatable bonds is 8. The van der Waals surface area contributed by atoms with Gasteiger partial charge >= 0.3 is 0 Å². The molecule has 0 aliphatic heterocycles. The highest BCUT2D eigenvalue weighted by Gasteiger charge is 2.13. The molecule has 0 bridgehead atoms. The SMILES string of the molecule is CC(=O)c1ccc2[nH]c(NC(=O)c3cn(CCOCCO)nn3)cc2c1. The summed E-state index contributed by atoms with van der Waals surface area (Å²) < 4.78 is 6.64. The van der Waals surface area contributed by atoms with Gasteiger partial charge in [-0.3, -0.25) is 9.59 Å². The van der Waals surface area contributed by atoms with Gasteiger partial charge < -0.3 is 20.1 Å². The van der Waals surface area contributed by atoms with Crippen LogP contribution < -0.4 is 5.32 Å². The molecule has 9 heteroatoms. The Morgan fingerprint density at radius 1 is 1.31 bits per heavy atom. The number of nitrogens with zero attached hydrogens (tertiary/aromatic N) is 3. The number of carbonyl (C=O) groups is 2. The van der Waals surface area contributed by atoms with Gasteiger partial charge in [-0.2, -0.15) is 0 Å². The number of ketones is 1. The second-order valence-electron chi connectivity index (χ2n) is 5.70. The minimum absolute atomic E-state index is 0.0155. The first-order valence-electron chi connectivity index (χ1n) is 8.10. The standard InChI is InChI=1S/C17H19N5O4/c1-11(24)12-2-3-14-13(8-12)9-16(18-14)19-17(25)15-10-22(21-20-15)4-6-26-7-5-23/h2-3,8-10,18,23H,4-7H2,1H3,(H,19,25). The van der Waals surface area contributed by atoms with Crippen LogP contribution in [-0.2, 0) is 11.3 Å². The lowest BCUT2D eigenvalue weighted by molar-refractivity contribution is 0.0851. The molecule has 9 nitrogen and oxygen atoms in total. The monoisotopic (exact) mass is 357 g/mol. The number of hydrogen-bond donors (Lipinski definition) is 3. The Kier molecular flexibility index (Phi) is 5.40. The molecule has 0 atom stereocenters. The number of anilines is 1. The van der Waals surface area contributed by atoms with Crippen LogP contribution in [0.15, 0.2) is 30.5 Å². The summed E-state index contributed by atoms with van der Waals surface area (Å²) in [5, 5.41) is 19.9. The lowest BCUT2D eigenvalue weighted by atomic mass is 10.1. The van der Waals surface area contributed by atoms with E-state index in [1.165, 1.54) is 17.8 Å². The number of H-pyrrole nitrogens is 1. The van der Waals surface area contributed by atoms with Crippen molar-refractivity contribution in [3.8, 4) is 0 Å². The van der Waals surface area contributed by atoms with Gasteiger partial charge in [0, 0.05) is 16.5 Å². The van der Waals surface area contributed by atoms with Gasteiger partial charge in [0.1, 0.15) is 5.82 Å². The molecule has 0 saturated heterocycles. The molecule has 26 heavy (non-hydrogen) atoms. The highest BCUT2D eigenvalue weighted by atomic mass is 16.5. The zero-order chi connectivity index (χ0) is 18.5. The van der Waals surface area contributed by atoms with Gasteiger partial charge in [-0.15, -0.1) is 5.10 Å². The van der Waals surface area contributed by atoms with E-state index in [1.807, 2.05) is 0 Å². The van der Waals surface area contributed by atoms with Crippen molar-refractivity contribution in [2.45, 2.75) is 13.5 Å². The number of amides is 1. The Morgan fingerprint density at radius 3 is 2.92 bits per heavy atom. The van der Waals surface area contributed by atoms with Crippen LogP contribution in [-0.4, -0.2) is 56.6 Å². The fourth-order valence-electron chi connectivity index (χ4n) is 2.44. The van der Waals surface area contributed by atoms with Crippen LogP contribution >= 0.6 is 0 Å². The molecule has 3 rings (SSSR count). The zero-order valence-electron chi connectivity index (χ0n) is 14.2. The number of hydrogen-bond acceptors (Lipinski definition) is 6. The summed E-state index contributed by atoms with van der Waals surface area (Å²) in [5.74, 6) is 0.0932. The number of Topliss-reactive ketones (excluding diaryl/α,β-unsaturated/α-hetero) is 1. The quantitative estimate of drug-likeness (QED) is 0.412. The summed E-state index contributed by atoms with van der Waals surface area (Å²) in [7, 11) is 0. The number of aliphatic hydroxyl groups excluding tert-OH is 1. The van der Waals surface area contributed by atoms with Gasteiger partial charge in [0.05, 0.1) is 32.6 Å². The molecule has 2 aromatic heterocycles. The third kappa shape index (κ3) is 4.13. The van der Waals surface area contributed by atoms with E-state index in [4.69, 9.17) is 9.84 Å². The van der Waals surface area contributed by atoms with E-state index in [0.29, 0.717) is 24.5 Å². The van der Waals surface area contributed by atoms with E-state index < -0.39 is 5.91 Å². The minimum Gasteiger partial charge on any atom is -0.394 e. The van der Waals surface area contributed by atoms with Crippen molar-refractivity contribution in [2.24, 2.45) is 0 Å². The number of aromatic nitrogens is 4. The maximum atomic E-state index is 12.3. The maximum Gasteiger partial charge on any atom is 0.278 e. The van der Waals surface area contributed by atoms with Crippen LogP contribution in [0.25, 0.3) is 10.9 Å². The number of benzene rings is 1. The van der Waals surface area contributed by atoms with E-state index in [1.54, 1.807) is 24.3 Å². The molecule has 1 aromatic carbocycles. The highest BCUT2D eigenvalue weighted by molar-refractivity contribution is 6.04. The lowest BCUT2D eigenvalue weighted by Crippen LogP contribution is -2.12. The second kappa shape index (κ2) is 7.89. The number of fused-ring (bicyclic) bond motifs is 1. The number of carbonyl (C=O) groups excluding carboxylic acids is 2. The largest absolute Gasteiger partial charge is 0.394 e. The Morgan fingerprint density at radius 2 is 2.15 bits per heavy atom. The molecule has 0 spiro atoms. The Balaban J connectivity index is 1.65. The number of ether oxygens (including phenoxy) is 1. The Hall–Kier alpha value is -3.04. The second-order valence-corrected chi connectivity index (χ2v) is 5.70. The lowest BCUT2D eigenvalue weighted by Gasteiger charge is -2.01. The third-order valence-corrected chi connectivity index (χ3v) is 3.75. The molecular formula is C17H19N5O4. The Bertz CT molecular complexity index is 930. The summed E-state index contributed by atoms with van der Waals surface area (Å²) in [6, 6.07) is 7.06. The van der Waals surface area contributed by atoms with Crippen molar-refractivity contribution >= 4 is 28.4 Å². The van der Waals surface area contributed by atoms with Crippen LogP contribution in [0.2, 0.25) is 0 Å². The topological polar surface area (TPSA) is 122 Å². The summed E-state index contributed by atoms with van der Waals surface area (Å²) in [6.07, 6.45) is 1.52. The molecule has 1 amide bonds. The summed E-state index contributed by atoms with van der Waals surface area (Å²) in [4.78, 5) is 26.8. The van der Waals surface area contributed by atoms with Crippen molar-refractivity contribution < 1.29 is 19.4 Å². The first kappa shape index (κ1) is 17.8. The Labute approximate surface area is 149 Å². The van der Waals surface area contributed by atoms with Crippen molar-refractivity contribution in [3.63, 3.8) is 0 Å². The van der Waals surface area contributed by atoms with E-state index in [2.05, 4.69) is 20.6 Å². The van der Waals surface area contributed by atoms with Crippen molar-refractivity contribution in [1.82, 2.24) is 20.0 Å². The molecule has 0 fully saturated rings. The fraction of sp³-hybridized carbons (Fsp3) is 0.294. The van der Waals surface area contributed by atoms with Crippen molar-refractivity contribution in [2.75, 3.05) is 25.1 Å². The van der Waals surface area contributed by atoms with E-state index in [-0.39, 0.29) is 24.7 Å². The predicted molar refractivity (Wildman–Crippen MR) is 94.2 cm³/mol. The van der Waals surface area contributed by atoms with Gasteiger partial charge in [-0.25, -0.2) is 4.68 Å². The number of aliphatic hydroxyl groups is 1. The molecule has 3 N–H and O–H groups in total. The van der Waals surface area contributed by atoms with E-state index in [9.17, 15) is 9.59 Å². The van der Waals surface area contributed by atoms with Gasteiger partial charge in [0.15, 0.2) is 11.5 Å². The molecule has 0 saturated carbocycles. The number of aromatic amines is 1. The van der Waals surface area contributed by atoms with E-state index in [0.717, 1.165) is 10.9 Å². The average Bonchev–Trinajstić information content (AvgIpc) is 3.24. The zero-order valence-corrected chi connectivity index (χ0v) is 14.2. The van der Waals surface area contributed by atoms with Crippen molar-refractivity contribution in [3.05, 3.63) is 41.7 Å². The molecule has 0 aliphatic carbocycles. The van der Waals surface area contributed by atoms with Crippen LogP contribution in [0.5, 0.6) is 0 Å². The minimum atomic E-state index is -0.397. The first-order valence-corrected chi connectivity index (χ1v) is 8.10. The summed E-state index contributed by atoms with van der Waals surface area (Å²) in [5.41, 5.74) is 1.60. The highest BCUT2D eigenvalue weighted by Crippen LogP contribution is 2.20. The molecular weight excluding hydrogens is 338 g/mol. The average molecular weight is 357 g/mol. The van der Waals surface area contributed by atoms with Gasteiger partial charge in [-0.05, 0) is 31.2 Å². The van der Waals surface area contributed by atoms with Crippen LogP contribution in [0, 0.1) is 0 Å². The molecule has 0 unspecified atom stereocenters. The third-order valence-electron chi connectivity index (χ3n) is 3.75. The van der Waals surface area contributed by atoms with Crippen LogP contribution in [0.3, 0.4) is 0 Å². The van der Waals surface area contributed by atoms with Crippen molar-refractivity contribution in [1.29, 1.82) is 0 Å². The van der Waals surface area contributed by atoms with Gasteiger partial charge in [0.2, 0.25) is 0 Å². The summed E-state index contributed by atoms with van der Waals surface area (Å²) >= 11 is 0. The van der Waals surface area contributed by atoms with Crippen LogP contribution in [0.4, 0.5) is 5.82 Å². The maximum absolute atomic E-state index is 12.3. The molecule has 0 aliphatic rings. The smallest absolute Gasteiger partial charge is 0.278 e. The molecule has 3 aromatic rings. The van der Waals surface area contributed by atoms with Crippen LogP contribution in [0.1, 0.15) is 27.8 Å². The predicted octanol–water partition coefficient (Wildman–Crippen LogP) is 1.22. The molecule has 136 valence electrons. The normalized spacial score (nSPS) is 11.0. The van der Waals surface area contributed by atoms with Gasteiger partial charge in [-0.1, -0.05) is 5.21 Å². The van der Waals surface area contributed by atoms with Gasteiger partial charge in [0.25, 0.3) is 5.91 Å². The first-order chi connectivity index (χ1) is 12.6. The summed E-state index contributed by atoms with van der Waals surface area (Å²) in [6.45, 7) is 2.53.